The maximum absolute atomic E-state index is 12.4. The van der Waals surface area contributed by atoms with Crippen LogP contribution in [0.25, 0.3) is 0 Å². The van der Waals surface area contributed by atoms with Crippen molar-refractivity contribution in [3.63, 3.8) is 0 Å². The van der Waals surface area contributed by atoms with Crippen molar-refractivity contribution >= 4 is 29.2 Å². The van der Waals surface area contributed by atoms with Crippen LogP contribution >= 0.6 is 11.6 Å². The molecule has 0 atom stereocenters. The average molecular weight is 425 g/mol. The molecule has 0 fully saturated rings. The lowest BCUT2D eigenvalue weighted by atomic mass is 10.0. The Morgan fingerprint density at radius 3 is 2.17 bits per heavy atom. The molecular weight excluding hydrogens is 413 g/mol. The number of rotatable bonds is 6. The van der Waals surface area contributed by atoms with Gasteiger partial charge in [-0.25, -0.2) is 0 Å². The Balaban J connectivity index is 1.54. The summed E-state index contributed by atoms with van der Waals surface area (Å²) in [5.74, 6) is -2.52. The Kier molecular flexibility index (Phi) is 5.83. The number of hydrogen-bond donors (Lipinski definition) is 2. The summed E-state index contributed by atoms with van der Waals surface area (Å²) in [5.41, 5.74) is 0.872. The number of halogens is 4. The number of H-pyrrole nitrogens is 1. The molecule has 0 aliphatic carbocycles. The Labute approximate surface area is 166 Å². The molecule has 7 nitrogen and oxygen atoms in total. The number of alkyl halides is 3. The van der Waals surface area contributed by atoms with Crippen molar-refractivity contribution < 1.29 is 27.5 Å². The molecule has 1 heterocycles. The van der Waals surface area contributed by atoms with Crippen molar-refractivity contribution in [3.8, 4) is 5.75 Å². The summed E-state index contributed by atoms with van der Waals surface area (Å²) < 4.78 is 42.5. The van der Waals surface area contributed by atoms with Crippen LogP contribution in [0, 0.1) is 0 Å². The zero-order valence-electron chi connectivity index (χ0n) is 14.5. The van der Waals surface area contributed by atoms with Crippen LogP contribution in [0.2, 0.25) is 5.02 Å². The number of nitrogens with one attached hydrogen (secondary N) is 2. The lowest BCUT2D eigenvalue weighted by Crippen LogP contribution is -2.21. The van der Waals surface area contributed by atoms with Gasteiger partial charge in [0.05, 0.1) is 0 Å². The smallest absolute Gasteiger partial charge is 0.451 e. The minimum absolute atomic E-state index is 0.212. The third-order valence-electron chi connectivity index (χ3n) is 3.60. The SMILES string of the molecule is O=C(COc1ccc(C(=O)c2ccc(Cl)cc2)cc1)Nc1n[nH]c(C(F)(F)F)n1. The van der Waals surface area contributed by atoms with E-state index >= 15 is 0 Å². The van der Waals surface area contributed by atoms with Gasteiger partial charge in [-0.15, -0.1) is 5.10 Å². The number of amides is 1. The Morgan fingerprint density at radius 2 is 1.62 bits per heavy atom. The minimum Gasteiger partial charge on any atom is -0.484 e. The predicted molar refractivity (Wildman–Crippen MR) is 96.8 cm³/mol. The summed E-state index contributed by atoms with van der Waals surface area (Å²) in [6, 6.07) is 12.5. The third-order valence-corrected chi connectivity index (χ3v) is 3.85. The van der Waals surface area contributed by atoms with Gasteiger partial charge in [0.2, 0.25) is 11.8 Å². The fourth-order valence-electron chi connectivity index (χ4n) is 2.22. The zero-order chi connectivity index (χ0) is 21.0. The maximum Gasteiger partial charge on any atom is 0.451 e. The van der Waals surface area contributed by atoms with Gasteiger partial charge in [-0.3, -0.25) is 20.0 Å². The quantitative estimate of drug-likeness (QED) is 0.588. The van der Waals surface area contributed by atoms with Crippen molar-refractivity contribution in [2.24, 2.45) is 0 Å². The standard InChI is InChI=1S/C18H12ClF3N4O3/c19-12-5-1-10(2-6-12)15(28)11-3-7-13(8-4-11)29-9-14(27)23-17-24-16(25-26-17)18(20,21)22/h1-8H,9H2,(H2,23,24,25,26,27). The van der Waals surface area contributed by atoms with E-state index in [4.69, 9.17) is 16.3 Å². The first-order valence-electron chi connectivity index (χ1n) is 8.05. The van der Waals surface area contributed by atoms with E-state index in [1.807, 2.05) is 0 Å². The maximum atomic E-state index is 12.4. The highest BCUT2D eigenvalue weighted by Gasteiger charge is 2.35. The molecule has 150 valence electrons. The molecule has 0 aliphatic heterocycles. The summed E-state index contributed by atoms with van der Waals surface area (Å²) in [4.78, 5) is 27.2. The summed E-state index contributed by atoms with van der Waals surface area (Å²) in [7, 11) is 0. The van der Waals surface area contributed by atoms with Crippen LogP contribution < -0.4 is 10.1 Å². The van der Waals surface area contributed by atoms with Gasteiger partial charge in [-0.1, -0.05) is 11.6 Å². The number of benzene rings is 2. The molecule has 11 heteroatoms. The number of ether oxygens (including phenoxy) is 1. The van der Waals surface area contributed by atoms with E-state index in [-0.39, 0.29) is 5.78 Å². The van der Waals surface area contributed by atoms with Gasteiger partial charge in [0.1, 0.15) is 5.75 Å². The van der Waals surface area contributed by atoms with Crippen LogP contribution in [0.15, 0.2) is 48.5 Å². The fraction of sp³-hybridized carbons (Fsp3) is 0.111. The van der Waals surface area contributed by atoms with Gasteiger partial charge in [0.25, 0.3) is 5.91 Å². The summed E-state index contributed by atoms with van der Waals surface area (Å²) in [6.07, 6.45) is -4.70. The number of ketones is 1. The molecule has 0 unspecified atom stereocenters. The topological polar surface area (TPSA) is 97.0 Å². The monoisotopic (exact) mass is 424 g/mol. The second-order valence-electron chi connectivity index (χ2n) is 5.70. The second-order valence-corrected chi connectivity index (χ2v) is 6.14. The van der Waals surface area contributed by atoms with Crippen LogP contribution in [0.3, 0.4) is 0 Å². The van der Waals surface area contributed by atoms with E-state index < -0.39 is 30.5 Å². The predicted octanol–water partition coefficient (Wildman–Crippen LogP) is 3.73. The first kappa shape index (κ1) is 20.3. The number of nitrogens with zero attached hydrogens (tertiary/aromatic N) is 2. The molecule has 0 spiro atoms. The minimum atomic E-state index is -4.70. The molecule has 0 aliphatic rings. The van der Waals surface area contributed by atoms with Crippen LogP contribution in [-0.2, 0) is 11.0 Å². The van der Waals surface area contributed by atoms with Gasteiger partial charge >= 0.3 is 6.18 Å². The number of hydrogen-bond acceptors (Lipinski definition) is 5. The van der Waals surface area contributed by atoms with Crippen molar-refractivity contribution in [2.75, 3.05) is 11.9 Å². The van der Waals surface area contributed by atoms with Crippen molar-refractivity contribution in [2.45, 2.75) is 6.18 Å². The first-order chi connectivity index (χ1) is 13.7. The fourth-order valence-corrected chi connectivity index (χ4v) is 2.35. The molecular formula is C18H12ClF3N4O3. The van der Waals surface area contributed by atoms with Gasteiger partial charge in [0, 0.05) is 16.1 Å². The van der Waals surface area contributed by atoms with Crippen molar-refractivity contribution in [1.82, 2.24) is 15.2 Å². The first-order valence-corrected chi connectivity index (χ1v) is 8.43. The number of aromatic amines is 1. The Hall–Kier alpha value is -3.40. The molecule has 1 amide bonds. The van der Waals surface area contributed by atoms with E-state index in [9.17, 15) is 22.8 Å². The highest BCUT2D eigenvalue weighted by molar-refractivity contribution is 6.30. The largest absolute Gasteiger partial charge is 0.484 e. The molecule has 29 heavy (non-hydrogen) atoms. The highest BCUT2D eigenvalue weighted by Crippen LogP contribution is 2.26. The van der Waals surface area contributed by atoms with Crippen LogP contribution in [0.4, 0.5) is 19.1 Å². The van der Waals surface area contributed by atoms with E-state index in [0.29, 0.717) is 21.9 Å². The molecule has 3 aromatic rings. The lowest BCUT2D eigenvalue weighted by Gasteiger charge is -2.07. The number of anilines is 1. The highest BCUT2D eigenvalue weighted by atomic mass is 35.5. The Bertz CT molecular complexity index is 1020. The van der Waals surface area contributed by atoms with Gasteiger partial charge < -0.3 is 4.74 Å². The van der Waals surface area contributed by atoms with Gasteiger partial charge in [-0.2, -0.15) is 18.2 Å². The number of carbonyl (C=O) groups is 2. The van der Waals surface area contributed by atoms with Gasteiger partial charge in [-0.05, 0) is 48.5 Å². The summed E-state index contributed by atoms with van der Waals surface area (Å²) in [5, 5.41) is 7.53. The van der Waals surface area contributed by atoms with Crippen LogP contribution in [0.1, 0.15) is 21.7 Å². The molecule has 0 saturated carbocycles. The van der Waals surface area contributed by atoms with E-state index in [0.717, 1.165) is 0 Å². The molecule has 1 aromatic heterocycles. The summed E-state index contributed by atoms with van der Waals surface area (Å²) >= 11 is 5.80. The van der Waals surface area contributed by atoms with E-state index in [2.05, 4.69) is 15.4 Å². The number of aromatic nitrogens is 3. The molecule has 0 bridgehead atoms. The molecule has 3 rings (SSSR count). The van der Waals surface area contributed by atoms with E-state index in [1.165, 1.54) is 24.3 Å². The van der Waals surface area contributed by atoms with Gasteiger partial charge in [0.15, 0.2) is 12.4 Å². The van der Waals surface area contributed by atoms with Crippen LogP contribution in [-0.4, -0.2) is 33.5 Å². The number of carbonyl (C=O) groups excluding carboxylic acids is 2. The molecule has 2 aromatic carbocycles. The average Bonchev–Trinajstić information content (AvgIpc) is 3.16. The second kappa shape index (κ2) is 8.31. The normalized spacial score (nSPS) is 11.2. The zero-order valence-corrected chi connectivity index (χ0v) is 15.2. The lowest BCUT2D eigenvalue weighted by molar-refractivity contribution is -0.144. The molecule has 0 saturated heterocycles. The molecule has 0 radical (unpaired) electrons. The van der Waals surface area contributed by atoms with Crippen LogP contribution in [0.5, 0.6) is 5.75 Å². The Morgan fingerprint density at radius 1 is 1.03 bits per heavy atom. The van der Waals surface area contributed by atoms with E-state index in [1.54, 1.807) is 29.4 Å². The third kappa shape index (κ3) is 5.32. The summed E-state index contributed by atoms with van der Waals surface area (Å²) in [6.45, 7) is -0.486. The van der Waals surface area contributed by atoms with Crippen molar-refractivity contribution in [1.29, 1.82) is 0 Å². The van der Waals surface area contributed by atoms with Crippen molar-refractivity contribution in [3.05, 3.63) is 70.5 Å². The molecule has 2 N–H and O–H groups in total.